The molecule has 2 aliphatic heterocycles. The summed E-state index contributed by atoms with van der Waals surface area (Å²) < 4.78 is 5.65. The topological polar surface area (TPSA) is 75.7 Å². The zero-order valence-electron chi connectivity index (χ0n) is 16.6. The molecule has 0 spiro atoms. The number of carbonyl (C=O) groups excluding carboxylic acids is 3. The van der Waals surface area contributed by atoms with Crippen molar-refractivity contribution in [3.8, 4) is 0 Å². The van der Waals surface area contributed by atoms with Gasteiger partial charge in [0.2, 0.25) is 5.91 Å². The van der Waals surface area contributed by atoms with Crippen LogP contribution in [-0.2, 0) is 19.1 Å². The van der Waals surface area contributed by atoms with Crippen molar-refractivity contribution < 1.29 is 19.1 Å². The Balaban J connectivity index is 1.68. The van der Waals surface area contributed by atoms with E-state index in [2.05, 4.69) is 5.32 Å². The van der Waals surface area contributed by atoms with Crippen LogP contribution in [-0.4, -0.2) is 41.9 Å². The Bertz CT molecular complexity index is 996. The first kappa shape index (κ1) is 20.4. The number of imide groups is 1. The van der Waals surface area contributed by atoms with Gasteiger partial charge in [-0.05, 0) is 42.7 Å². The van der Waals surface area contributed by atoms with Crippen molar-refractivity contribution in [3.05, 3.63) is 65.1 Å². The fourth-order valence-electron chi connectivity index (χ4n) is 3.59. The van der Waals surface area contributed by atoms with Crippen LogP contribution in [0.3, 0.4) is 0 Å². The second-order valence-electron chi connectivity index (χ2n) is 7.23. The Morgan fingerprint density at radius 3 is 2.47 bits per heavy atom. The highest BCUT2D eigenvalue weighted by Crippen LogP contribution is 2.40. The van der Waals surface area contributed by atoms with Crippen LogP contribution in [0.2, 0.25) is 0 Å². The quantitative estimate of drug-likeness (QED) is 0.719. The van der Waals surface area contributed by atoms with Crippen LogP contribution in [0.25, 0.3) is 5.57 Å². The molecule has 0 aliphatic carbocycles. The van der Waals surface area contributed by atoms with Crippen LogP contribution in [0.5, 0.6) is 0 Å². The maximum atomic E-state index is 13.3. The molecule has 1 N–H and O–H groups in total. The molecule has 0 saturated carbocycles. The number of benzene rings is 2. The third-order valence-electron chi connectivity index (χ3n) is 4.99. The van der Waals surface area contributed by atoms with Gasteiger partial charge in [-0.25, -0.2) is 0 Å². The van der Waals surface area contributed by atoms with Gasteiger partial charge < -0.3 is 10.1 Å². The van der Waals surface area contributed by atoms with Crippen LogP contribution in [0, 0.1) is 0 Å². The van der Waals surface area contributed by atoms with Crippen molar-refractivity contribution in [3.63, 3.8) is 0 Å². The minimum atomic E-state index is -0.304. The van der Waals surface area contributed by atoms with Crippen molar-refractivity contribution in [1.82, 2.24) is 4.90 Å². The molecule has 2 aliphatic rings. The van der Waals surface area contributed by atoms with Gasteiger partial charge >= 0.3 is 0 Å². The first-order valence-electron chi connectivity index (χ1n) is 9.86. The van der Waals surface area contributed by atoms with Gasteiger partial charge in [0.1, 0.15) is 0 Å². The lowest BCUT2D eigenvalue weighted by Crippen LogP contribution is -2.37. The molecule has 0 bridgehead atoms. The summed E-state index contributed by atoms with van der Waals surface area (Å²) >= 11 is 1.30. The molecule has 1 saturated heterocycles. The van der Waals surface area contributed by atoms with Gasteiger partial charge in [-0.1, -0.05) is 42.1 Å². The SMILES string of the molecule is CC(=O)Nc1ccc(C2=C(Sc3ccccc3)C(=O)N(CC3CCCO3)C2=O)cc1. The van der Waals surface area contributed by atoms with Gasteiger partial charge in [0, 0.05) is 24.1 Å². The molecule has 6 nitrogen and oxygen atoms in total. The van der Waals surface area contributed by atoms with Crippen molar-refractivity contribution >= 4 is 40.7 Å². The molecule has 30 heavy (non-hydrogen) atoms. The van der Waals surface area contributed by atoms with Crippen molar-refractivity contribution in [2.45, 2.75) is 30.8 Å². The van der Waals surface area contributed by atoms with E-state index < -0.39 is 0 Å². The van der Waals surface area contributed by atoms with Crippen LogP contribution in [0.4, 0.5) is 5.69 Å². The van der Waals surface area contributed by atoms with E-state index in [1.54, 1.807) is 24.3 Å². The van der Waals surface area contributed by atoms with Crippen LogP contribution < -0.4 is 5.32 Å². The molecule has 3 amide bonds. The molecule has 0 aromatic heterocycles. The molecule has 7 heteroatoms. The van der Waals surface area contributed by atoms with Gasteiger partial charge in [0.15, 0.2) is 0 Å². The summed E-state index contributed by atoms with van der Waals surface area (Å²) in [5.41, 5.74) is 1.68. The third kappa shape index (κ3) is 4.32. The normalized spacial score (nSPS) is 19.0. The molecule has 2 heterocycles. The Morgan fingerprint density at radius 1 is 1.10 bits per heavy atom. The smallest absolute Gasteiger partial charge is 0.268 e. The van der Waals surface area contributed by atoms with Gasteiger partial charge in [-0.2, -0.15) is 0 Å². The number of anilines is 1. The van der Waals surface area contributed by atoms with Gasteiger partial charge in [-0.3, -0.25) is 19.3 Å². The van der Waals surface area contributed by atoms with Crippen molar-refractivity contribution in [1.29, 1.82) is 0 Å². The molecular weight excluding hydrogens is 400 g/mol. The number of hydrogen-bond acceptors (Lipinski definition) is 5. The summed E-state index contributed by atoms with van der Waals surface area (Å²) in [6.45, 7) is 2.37. The first-order valence-corrected chi connectivity index (χ1v) is 10.7. The van der Waals surface area contributed by atoms with Gasteiger partial charge in [0.05, 0.1) is 23.1 Å². The lowest BCUT2D eigenvalue weighted by Gasteiger charge is -2.19. The fraction of sp³-hybridized carbons (Fsp3) is 0.261. The number of rotatable bonds is 6. The zero-order chi connectivity index (χ0) is 21.1. The largest absolute Gasteiger partial charge is 0.376 e. The number of amides is 3. The minimum Gasteiger partial charge on any atom is -0.376 e. The predicted octanol–water partition coefficient (Wildman–Crippen LogP) is 3.70. The number of hydrogen-bond donors (Lipinski definition) is 1. The highest BCUT2D eigenvalue weighted by Gasteiger charge is 2.40. The molecule has 1 unspecified atom stereocenters. The Hall–Kier alpha value is -2.90. The molecule has 2 aromatic rings. The van der Waals surface area contributed by atoms with Gasteiger partial charge in [0.25, 0.3) is 11.8 Å². The molecule has 1 atom stereocenters. The zero-order valence-corrected chi connectivity index (χ0v) is 17.4. The van der Waals surface area contributed by atoms with Crippen LogP contribution in [0.1, 0.15) is 25.3 Å². The van der Waals surface area contributed by atoms with Crippen molar-refractivity contribution in [2.24, 2.45) is 0 Å². The Morgan fingerprint density at radius 2 is 1.83 bits per heavy atom. The van der Waals surface area contributed by atoms with E-state index >= 15 is 0 Å². The van der Waals surface area contributed by atoms with E-state index in [1.165, 1.54) is 23.6 Å². The summed E-state index contributed by atoms with van der Waals surface area (Å²) in [6, 6.07) is 16.5. The Kier molecular flexibility index (Phi) is 6.01. The fourth-order valence-corrected chi connectivity index (χ4v) is 4.62. The van der Waals surface area contributed by atoms with E-state index in [0.717, 1.165) is 17.7 Å². The van der Waals surface area contributed by atoms with E-state index in [9.17, 15) is 14.4 Å². The van der Waals surface area contributed by atoms with Crippen molar-refractivity contribution in [2.75, 3.05) is 18.5 Å². The predicted molar refractivity (Wildman–Crippen MR) is 116 cm³/mol. The molecular formula is C23H22N2O4S. The third-order valence-corrected chi connectivity index (χ3v) is 6.08. The number of ether oxygens (including phenoxy) is 1. The summed E-state index contributed by atoms with van der Waals surface area (Å²) in [6.07, 6.45) is 1.68. The maximum Gasteiger partial charge on any atom is 0.268 e. The Labute approximate surface area is 179 Å². The average molecular weight is 423 g/mol. The summed E-state index contributed by atoms with van der Waals surface area (Å²) in [5, 5.41) is 2.71. The first-order chi connectivity index (χ1) is 14.5. The van der Waals surface area contributed by atoms with E-state index in [-0.39, 0.29) is 30.4 Å². The summed E-state index contributed by atoms with van der Waals surface area (Å²) in [4.78, 5) is 40.4. The molecule has 2 aromatic carbocycles. The lowest BCUT2D eigenvalue weighted by molar-refractivity contribution is -0.138. The van der Waals surface area contributed by atoms with Crippen LogP contribution in [0.15, 0.2) is 64.4 Å². The maximum absolute atomic E-state index is 13.3. The highest BCUT2D eigenvalue weighted by molar-refractivity contribution is 8.04. The number of nitrogens with one attached hydrogen (secondary N) is 1. The second-order valence-corrected chi connectivity index (χ2v) is 8.32. The second kappa shape index (κ2) is 8.85. The standard InChI is InChI=1S/C23H22N2O4S/c1-15(26)24-17-11-9-16(10-12-17)20-21(30-19-7-3-2-4-8-19)23(28)25(22(20)27)14-18-6-5-13-29-18/h2-4,7-12,18H,5-6,13-14H2,1H3,(H,24,26). The van der Waals surface area contributed by atoms with E-state index in [1.807, 2.05) is 30.3 Å². The molecule has 1 fully saturated rings. The number of nitrogens with zero attached hydrogens (tertiary/aromatic N) is 1. The summed E-state index contributed by atoms with van der Waals surface area (Å²) in [7, 11) is 0. The van der Waals surface area contributed by atoms with Gasteiger partial charge in [-0.15, -0.1) is 0 Å². The number of thioether (sulfide) groups is 1. The monoisotopic (exact) mass is 422 g/mol. The highest BCUT2D eigenvalue weighted by atomic mass is 32.2. The summed E-state index contributed by atoms with van der Waals surface area (Å²) in [5.74, 6) is -0.761. The molecule has 4 rings (SSSR count). The molecule has 0 radical (unpaired) electrons. The average Bonchev–Trinajstić information content (AvgIpc) is 3.32. The molecule has 154 valence electrons. The van der Waals surface area contributed by atoms with E-state index in [4.69, 9.17) is 4.74 Å². The van der Waals surface area contributed by atoms with E-state index in [0.29, 0.717) is 28.3 Å². The minimum absolute atomic E-state index is 0.109. The lowest BCUT2D eigenvalue weighted by atomic mass is 10.1. The number of carbonyl (C=O) groups is 3. The van der Waals surface area contributed by atoms with Crippen LogP contribution >= 0.6 is 11.8 Å².